The first-order valence-corrected chi connectivity index (χ1v) is 6.00. The lowest BCUT2D eigenvalue weighted by atomic mass is 10.4. The van der Waals surface area contributed by atoms with Crippen LogP contribution in [0.25, 0.3) is 0 Å². The molecule has 0 rings (SSSR count). The number of hydrogen-bond acceptors (Lipinski definition) is 3. The van der Waals surface area contributed by atoms with Gasteiger partial charge in [-0.3, -0.25) is 0 Å². The van der Waals surface area contributed by atoms with Crippen LogP contribution in [0.15, 0.2) is 37.1 Å². The molecule has 0 N–H and O–H groups in total. The summed E-state index contributed by atoms with van der Waals surface area (Å²) in [6.45, 7) is 11.3. The van der Waals surface area contributed by atoms with Crippen LogP contribution >= 0.6 is 0 Å². The zero-order valence-electron chi connectivity index (χ0n) is 11.5. The van der Waals surface area contributed by atoms with Gasteiger partial charge in [-0.05, 0) is 33.6 Å². The Balaban J connectivity index is 3.47. The Kier molecular flexibility index (Phi) is 9.49. The molecule has 0 aromatic carbocycles. The number of allylic oxidation sites excluding steroid dienone is 3. The molecule has 0 spiro atoms. The van der Waals surface area contributed by atoms with Crippen molar-refractivity contribution in [3.05, 3.63) is 37.1 Å². The molecule has 0 bridgehead atoms. The second kappa shape index (κ2) is 10.1. The molecule has 0 aliphatic rings. The first-order chi connectivity index (χ1) is 8.06. The highest BCUT2D eigenvalue weighted by Crippen LogP contribution is 1.98. The number of ether oxygens (including phenoxy) is 1. The predicted molar refractivity (Wildman–Crippen MR) is 75.1 cm³/mol. The van der Waals surface area contributed by atoms with Crippen LogP contribution in [0.2, 0.25) is 0 Å². The maximum Gasteiger partial charge on any atom is 0.112 e. The highest BCUT2D eigenvalue weighted by Gasteiger charge is 1.99. The maximum atomic E-state index is 5.45. The fourth-order valence-corrected chi connectivity index (χ4v) is 1.24. The Morgan fingerprint density at radius 1 is 1.18 bits per heavy atom. The summed E-state index contributed by atoms with van der Waals surface area (Å²) in [7, 11) is 6.32. The molecule has 0 aromatic rings. The minimum Gasteiger partial charge on any atom is -0.494 e. The van der Waals surface area contributed by atoms with E-state index in [2.05, 4.69) is 44.1 Å². The van der Waals surface area contributed by atoms with Gasteiger partial charge in [-0.1, -0.05) is 25.3 Å². The lowest BCUT2D eigenvalue weighted by molar-refractivity contribution is 0.197. The van der Waals surface area contributed by atoms with E-state index in [1.807, 2.05) is 12.2 Å². The molecule has 3 heteroatoms. The monoisotopic (exact) mass is 238 g/mol. The van der Waals surface area contributed by atoms with Crippen molar-refractivity contribution in [2.75, 3.05) is 47.4 Å². The van der Waals surface area contributed by atoms with Crippen molar-refractivity contribution >= 4 is 0 Å². The minimum atomic E-state index is 0.695. The van der Waals surface area contributed by atoms with E-state index in [1.54, 1.807) is 6.08 Å². The van der Waals surface area contributed by atoms with Crippen LogP contribution < -0.4 is 0 Å². The average Bonchev–Trinajstić information content (AvgIpc) is 2.29. The van der Waals surface area contributed by atoms with Crippen LogP contribution in [-0.4, -0.2) is 57.2 Å². The maximum absolute atomic E-state index is 5.45. The van der Waals surface area contributed by atoms with Gasteiger partial charge in [0.15, 0.2) is 0 Å². The average molecular weight is 238 g/mol. The molecule has 0 radical (unpaired) electrons. The summed E-state index contributed by atoms with van der Waals surface area (Å²) < 4.78 is 5.45. The first-order valence-electron chi connectivity index (χ1n) is 6.00. The molecule has 98 valence electrons. The van der Waals surface area contributed by atoms with Gasteiger partial charge >= 0.3 is 0 Å². The summed E-state index contributed by atoms with van der Waals surface area (Å²) in [5.74, 6) is 0.695. The zero-order valence-corrected chi connectivity index (χ0v) is 11.5. The van der Waals surface area contributed by atoms with Crippen molar-refractivity contribution < 1.29 is 4.74 Å². The van der Waals surface area contributed by atoms with Gasteiger partial charge in [-0.25, -0.2) is 0 Å². The van der Waals surface area contributed by atoms with Gasteiger partial charge in [-0.2, -0.15) is 0 Å². The molecule has 17 heavy (non-hydrogen) atoms. The highest BCUT2D eigenvalue weighted by atomic mass is 16.5. The minimum absolute atomic E-state index is 0.695. The first kappa shape index (κ1) is 15.9. The Bertz CT molecular complexity index is 247. The van der Waals surface area contributed by atoms with E-state index in [-0.39, 0.29) is 0 Å². The van der Waals surface area contributed by atoms with E-state index in [0.29, 0.717) is 12.4 Å². The predicted octanol–water partition coefficient (Wildman–Crippen LogP) is 2.14. The van der Waals surface area contributed by atoms with Crippen LogP contribution in [0, 0.1) is 0 Å². The third-order valence-electron chi connectivity index (χ3n) is 2.32. The number of likely N-dealkylation sites (N-methyl/N-ethyl adjacent to an activating group) is 2. The van der Waals surface area contributed by atoms with Crippen molar-refractivity contribution in [3.8, 4) is 0 Å². The third-order valence-corrected chi connectivity index (χ3v) is 2.32. The second-order valence-corrected chi connectivity index (χ2v) is 4.37. The van der Waals surface area contributed by atoms with Crippen molar-refractivity contribution in [2.24, 2.45) is 0 Å². The molecule has 0 aliphatic heterocycles. The van der Waals surface area contributed by atoms with E-state index in [0.717, 1.165) is 26.1 Å². The van der Waals surface area contributed by atoms with E-state index in [1.165, 1.54) is 0 Å². The number of rotatable bonds is 10. The van der Waals surface area contributed by atoms with E-state index in [4.69, 9.17) is 4.74 Å². The lowest BCUT2D eigenvalue weighted by Crippen LogP contribution is -2.29. The topological polar surface area (TPSA) is 15.7 Å². The van der Waals surface area contributed by atoms with Crippen molar-refractivity contribution in [3.63, 3.8) is 0 Å². The van der Waals surface area contributed by atoms with Gasteiger partial charge in [-0.15, -0.1) is 0 Å². The fourth-order valence-electron chi connectivity index (χ4n) is 1.24. The lowest BCUT2D eigenvalue weighted by Gasteiger charge is -2.19. The zero-order chi connectivity index (χ0) is 13.1. The van der Waals surface area contributed by atoms with Crippen molar-refractivity contribution in [2.45, 2.75) is 6.42 Å². The van der Waals surface area contributed by atoms with Crippen LogP contribution in [0.3, 0.4) is 0 Å². The van der Waals surface area contributed by atoms with Crippen LogP contribution in [0.5, 0.6) is 0 Å². The Hall–Kier alpha value is -1.06. The van der Waals surface area contributed by atoms with E-state index in [9.17, 15) is 0 Å². The van der Waals surface area contributed by atoms with E-state index >= 15 is 0 Å². The Labute approximate surface area is 106 Å². The number of hydrogen-bond donors (Lipinski definition) is 0. The number of nitrogens with zero attached hydrogens (tertiary/aromatic N) is 2. The summed E-state index contributed by atoms with van der Waals surface area (Å²) in [6.07, 6.45) is 6.38. The second-order valence-electron chi connectivity index (χ2n) is 4.37. The van der Waals surface area contributed by atoms with E-state index < -0.39 is 0 Å². The fraction of sp³-hybridized carbons (Fsp3) is 0.571. The molecule has 0 fully saturated rings. The summed E-state index contributed by atoms with van der Waals surface area (Å²) in [4.78, 5) is 4.50. The molecule has 0 amide bonds. The highest BCUT2D eigenvalue weighted by molar-refractivity contribution is 5.12. The quantitative estimate of drug-likeness (QED) is 0.329. The van der Waals surface area contributed by atoms with Gasteiger partial charge in [0.2, 0.25) is 0 Å². The summed E-state index contributed by atoms with van der Waals surface area (Å²) in [6, 6.07) is 0. The van der Waals surface area contributed by atoms with Crippen LogP contribution in [0.1, 0.15) is 6.42 Å². The molecule has 3 nitrogen and oxygen atoms in total. The summed E-state index contributed by atoms with van der Waals surface area (Å²) in [5.41, 5.74) is 0. The van der Waals surface area contributed by atoms with Gasteiger partial charge in [0.1, 0.15) is 5.76 Å². The molecule has 0 aromatic heterocycles. The Morgan fingerprint density at radius 2 is 1.88 bits per heavy atom. The molecule has 0 unspecified atom stereocenters. The summed E-state index contributed by atoms with van der Waals surface area (Å²) in [5, 5.41) is 0. The van der Waals surface area contributed by atoms with Crippen LogP contribution in [0.4, 0.5) is 0 Å². The normalized spacial score (nSPS) is 11.4. The molecular formula is C14H26N2O. The molecule has 0 aliphatic carbocycles. The van der Waals surface area contributed by atoms with Crippen LogP contribution in [-0.2, 0) is 4.74 Å². The largest absolute Gasteiger partial charge is 0.494 e. The van der Waals surface area contributed by atoms with Gasteiger partial charge < -0.3 is 14.5 Å². The molecule has 0 heterocycles. The van der Waals surface area contributed by atoms with Crippen molar-refractivity contribution in [1.29, 1.82) is 0 Å². The van der Waals surface area contributed by atoms with Crippen molar-refractivity contribution in [1.82, 2.24) is 9.80 Å². The smallest absolute Gasteiger partial charge is 0.112 e. The Morgan fingerprint density at radius 3 is 2.47 bits per heavy atom. The standard InChI is InChI=1S/C14H26N2O/c1-6-7-9-14(2)17-13-8-10-16(5)12-11-15(3)4/h6-7,9H,1-2,8,10-13H2,3-5H3/b9-7-. The third kappa shape index (κ3) is 11.2. The SMILES string of the molecule is C=C/C=C\C(=C)OCCCN(C)CCN(C)C. The summed E-state index contributed by atoms with van der Waals surface area (Å²) >= 11 is 0. The van der Waals surface area contributed by atoms with Gasteiger partial charge in [0.25, 0.3) is 0 Å². The molecule has 0 saturated carbocycles. The molecular weight excluding hydrogens is 212 g/mol. The van der Waals surface area contributed by atoms with Gasteiger partial charge in [0, 0.05) is 19.6 Å². The molecule has 0 saturated heterocycles. The van der Waals surface area contributed by atoms with Gasteiger partial charge in [0.05, 0.1) is 6.61 Å². The molecule has 0 atom stereocenters.